The van der Waals surface area contributed by atoms with Crippen molar-refractivity contribution in [2.24, 2.45) is 5.73 Å². The van der Waals surface area contributed by atoms with Crippen LogP contribution in [-0.4, -0.2) is 22.6 Å². The first-order chi connectivity index (χ1) is 10.4. The van der Waals surface area contributed by atoms with Crippen molar-refractivity contribution >= 4 is 22.6 Å². The first kappa shape index (κ1) is 18.1. The van der Waals surface area contributed by atoms with E-state index in [1.165, 1.54) is 11.3 Å². The molecule has 0 atom stereocenters. The van der Waals surface area contributed by atoms with Crippen LogP contribution in [0.2, 0.25) is 0 Å². The van der Waals surface area contributed by atoms with E-state index in [4.69, 9.17) is 10.5 Å². The lowest BCUT2D eigenvalue weighted by Crippen LogP contribution is -2.43. The predicted molar refractivity (Wildman–Crippen MR) is 86.0 cm³/mol. The number of aryl methyl sites for hydroxylation is 1. The van der Waals surface area contributed by atoms with Gasteiger partial charge in [-0.15, -0.1) is 0 Å². The number of alkyl halides is 2. The molecule has 0 saturated heterocycles. The molecular formula is C15H23F2N3O2S. The largest absolute Gasteiger partial charge is 0.444 e. The number of rotatable bonds is 2. The molecule has 1 amide bonds. The summed E-state index contributed by atoms with van der Waals surface area (Å²) in [4.78, 5) is 16.8. The summed E-state index contributed by atoms with van der Waals surface area (Å²) < 4.78 is 31.9. The highest BCUT2D eigenvalue weighted by atomic mass is 32.1. The fourth-order valence-electron chi connectivity index (χ4n) is 2.59. The highest BCUT2D eigenvalue weighted by Crippen LogP contribution is 2.45. The normalized spacial score (nSPS) is 20.1. The number of nitrogens with one attached hydrogen (secondary N) is 1. The minimum atomic E-state index is -2.64. The van der Waals surface area contributed by atoms with Crippen LogP contribution < -0.4 is 11.1 Å². The Balaban J connectivity index is 2.11. The second-order valence-corrected chi connectivity index (χ2v) is 8.07. The highest BCUT2D eigenvalue weighted by Gasteiger charge is 2.43. The Morgan fingerprint density at radius 1 is 1.30 bits per heavy atom. The second kappa shape index (κ2) is 5.98. The van der Waals surface area contributed by atoms with Crippen LogP contribution in [0.15, 0.2) is 0 Å². The van der Waals surface area contributed by atoms with Crippen molar-refractivity contribution in [1.82, 2.24) is 4.98 Å². The number of nitrogens with two attached hydrogens (primary N) is 1. The number of halogens is 2. The molecule has 8 heteroatoms. The summed E-state index contributed by atoms with van der Waals surface area (Å²) in [6.07, 6.45) is -0.645. The Hall–Kier alpha value is -1.28. The SMILES string of the molecule is Cc1nc(NC(=O)OC(C)(C)C)sc1C1(N)CCC(F)(F)CC1. The van der Waals surface area contributed by atoms with E-state index in [2.05, 4.69) is 10.3 Å². The minimum Gasteiger partial charge on any atom is -0.444 e. The molecule has 1 aromatic rings. The predicted octanol–water partition coefficient (Wildman–Crippen LogP) is 4.16. The van der Waals surface area contributed by atoms with Crippen LogP contribution in [0, 0.1) is 6.92 Å². The molecule has 5 nitrogen and oxygen atoms in total. The number of hydrogen-bond acceptors (Lipinski definition) is 5. The maximum atomic E-state index is 13.4. The zero-order valence-electron chi connectivity index (χ0n) is 13.8. The Morgan fingerprint density at radius 2 is 1.87 bits per heavy atom. The van der Waals surface area contributed by atoms with Crippen molar-refractivity contribution < 1.29 is 18.3 Å². The molecule has 3 N–H and O–H groups in total. The molecule has 1 aliphatic rings. The van der Waals surface area contributed by atoms with Crippen molar-refractivity contribution in [3.05, 3.63) is 10.6 Å². The van der Waals surface area contributed by atoms with E-state index < -0.39 is 23.2 Å². The fraction of sp³-hybridized carbons (Fsp3) is 0.733. The van der Waals surface area contributed by atoms with Crippen molar-refractivity contribution in [3.8, 4) is 0 Å². The van der Waals surface area contributed by atoms with Crippen LogP contribution in [0.5, 0.6) is 0 Å². The van der Waals surface area contributed by atoms with Gasteiger partial charge in [0.2, 0.25) is 5.92 Å². The number of carbonyl (C=O) groups is 1. The van der Waals surface area contributed by atoms with Gasteiger partial charge in [0, 0.05) is 17.7 Å². The number of aromatic nitrogens is 1. The van der Waals surface area contributed by atoms with Gasteiger partial charge in [0.15, 0.2) is 5.13 Å². The number of amides is 1. The summed E-state index contributed by atoms with van der Waals surface area (Å²) in [7, 11) is 0. The van der Waals surface area contributed by atoms with E-state index >= 15 is 0 Å². The lowest BCUT2D eigenvalue weighted by Gasteiger charge is -2.36. The van der Waals surface area contributed by atoms with Crippen molar-refractivity contribution in [3.63, 3.8) is 0 Å². The van der Waals surface area contributed by atoms with Gasteiger partial charge in [0.05, 0.1) is 11.2 Å². The molecule has 23 heavy (non-hydrogen) atoms. The number of thiazole rings is 1. The Morgan fingerprint density at radius 3 is 2.39 bits per heavy atom. The summed E-state index contributed by atoms with van der Waals surface area (Å²) in [5, 5.41) is 2.94. The smallest absolute Gasteiger partial charge is 0.413 e. The first-order valence-corrected chi connectivity index (χ1v) is 8.37. The topological polar surface area (TPSA) is 77.2 Å². The maximum absolute atomic E-state index is 13.4. The van der Waals surface area contributed by atoms with Gasteiger partial charge in [0.25, 0.3) is 0 Å². The Kier molecular flexibility index (Phi) is 4.69. The minimum absolute atomic E-state index is 0.203. The van der Waals surface area contributed by atoms with Crippen LogP contribution in [0.1, 0.15) is 57.0 Å². The standard InChI is InChI=1S/C15H23F2N3O2S/c1-9-10(14(18)5-7-15(16,17)8-6-14)23-11(19-9)20-12(21)22-13(2,3)4/h5-8,18H2,1-4H3,(H,19,20,21). The lowest BCUT2D eigenvalue weighted by molar-refractivity contribution is -0.0510. The number of hydrogen-bond donors (Lipinski definition) is 2. The maximum Gasteiger partial charge on any atom is 0.413 e. The highest BCUT2D eigenvalue weighted by molar-refractivity contribution is 7.16. The number of carbonyl (C=O) groups excluding carboxylic acids is 1. The molecule has 0 radical (unpaired) electrons. The van der Waals surface area contributed by atoms with Crippen molar-refractivity contribution in [1.29, 1.82) is 0 Å². The van der Waals surface area contributed by atoms with E-state index in [1.54, 1.807) is 27.7 Å². The van der Waals surface area contributed by atoms with Crippen LogP contribution in [0.4, 0.5) is 18.7 Å². The van der Waals surface area contributed by atoms with E-state index in [-0.39, 0.29) is 25.7 Å². The number of ether oxygens (including phenoxy) is 1. The Labute approximate surface area is 138 Å². The van der Waals surface area contributed by atoms with Gasteiger partial charge in [0.1, 0.15) is 5.60 Å². The van der Waals surface area contributed by atoms with Crippen LogP contribution >= 0.6 is 11.3 Å². The van der Waals surface area contributed by atoms with Gasteiger partial charge in [-0.1, -0.05) is 11.3 Å². The quantitative estimate of drug-likeness (QED) is 0.842. The summed E-state index contributed by atoms with van der Waals surface area (Å²) in [6.45, 7) is 7.07. The van der Waals surface area contributed by atoms with E-state index in [9.17, 15) is 13.6 Å². The molecule has 1 aromatic heterocycles. The molecule has 1 heterocycles. The van der Waals surface area contributed by atoms with Crippen molar-refractivity contribution in [2.75, 3.05) is 5.32 Å². The summed E-state index contributed by atoms with van der Waals surface area (Å²) in [6, 6.07) is 0. The van der Waals surface area contributed by atoms with Gasteiger partial charge >= 0.3 is 6.09 Å². The zero-order valence-corrected chi connectivity index (χ0v) is 14.7. The average molecular weight is 347 g/mol. The number of nitrogens with zero attached hydrogens (tertiary/aromatic N) is 1. The molecule has 2 rings (SSSR count). The van der Waals surface area contributed by atoms with Gasteiger partial charge in [-0.05, 0) is 40.5 Å². The summed E-state index contributed by atoms with van der Waals surface area (Å²) in [5.74, 6) is -2.64. The van der Waals surface area contributed by atoms with E-state index in [0.717, 1.165) is 4.88 Å². The fourth-order valence-corrected chi connectivity index (χ4v) is 3.70. The molecule has 0 spiro atoms. The lowest BCUT2D eigenvalue weighted by atomic mass is 9.79. The summed E-state index contributed by atoms with van der Waals surface area (Å²) >= 11 is 1.23. The molecular weight excluding hydrogens is 324 g/mol. The van der Waals surface area contributed by atoms with Crippen molar-refractivity contribution in [2.45, 2.75) is 70.4 Å². The average Bonchev–Trinajstić information content (AvgIpc) is 2.72. The van der Waals surface area contributed by atoms with E-state index in [0.29, 0.717) is 10.8 Å². The molecule has 0 aromatic carbocycles. The van der Waals surface area contributed by atoms with Crippen LogP contribution in [-0.2, 0) is 10.3 Å². The zero-order chi connectivity index (χ0) is 17.5. The van der Waals surface area contributed by atoms with Gasteiger partial charge in [-0.2, -0.15) is 0 Å². The molecule has 1 fully saturated rings. The van der Waals surface area contributed by atoms with Gasteiger partial charge in [-0.3, -0.25) is 5.32 Å². The van der Waals surface area contributed by atoms with Gasteiger partial charge < -0.3 is 10.5 Å². The third-order valence-electron chi connectivity index (χ3n) is 3.73. The molecule has 0 bridgehead atoms. The number of anilines is 1. The van der Waals surface area contributed by atoms with Gasteiger partial charge in [-0.25, -0.2) is 18.6 Å². The molecule has 130 valence electrons. The third-order valence-corrected chi connectivity index (χ3v) is 5.02. The summed E-state index contributed by atoms with van der Waals surface area (Å²) in [5.41, 5.74) is 5.59. The second-order valence-electron chi connectivity index (χ2n) is 7.07. The molecule has 0 aliphatic heterocycles. The monoisotopic (exact) mass is 347 g/mol. The first-order valence-electron chi connectivity index (χ1n) is 7.55. The Bertz CT molecular complexity index is 586. The molecule has 0 unspecified atom stereocenters. The molecule has 1 saturated carbocycles. The van der Waals surface area contributed by atoms with Crippen LogP contribution in [0.3, 0.4) is 0 Å². The molecule has 1 aliphatic carbocycles. The third kappa shape index (κ3) is 4.60. The van der Waals surface area contributed by atoms with Crippen LogP contribution in [0.25, 0.3) is 0 Å². The van der Waals surface area contributed by atoms with E-state index in [1.807, 2.05) is 0 Å².